The molecule has 2 aliphatic rings. The molecule has 2 heteroatoms. The SMILES string of the molecule is CCC1CCCCC1OCC1=CCNCC1. The minimum atomic E-state index is 0.537. The fourth-order valence-electron chi connectivity index (χ4n) is 2.87. The van der Waals surface area contributed by atoms with Crippen molar-refractivity contribution in [1.82, 2.24) is 5.32 Å². The zero-order chi connectivity index (χ0) is 11.2. The van der Waals surface area contributed by atoms with Crippen molar-refractivity contribution in [3.63, 3.8) is 0 Å². The van der Waals surface area contributed by atoms with Crippen molar-refractivity contribution in [3.05, 3.63) is 11.6 Å². The van der Waals surface area contributed by atoms with Crippen LogP contribution in [0.25, 0.3) is 0 Å². The summed E-state index contributed by atoms with van der Waals surface area (Å²) in [5, 5.41) is 3.34. The maximum atomic E-state index is 6.13. The average Bonchev–Trinajstić information content (AvgIpc) is 2.38. The first-order valence-corrected chi connectivity index (χ1v) is 6.90. The Balaban J connectivity index is 1.76. The van der Waals surface area contributed by atoms with Gasteiger partial charge in [0.05, 0.1) is 12.7 Å². The number of hydrogen-bond acceptors (Lipinski definition) is 2. The van der Waals surface area contributed by atoms with Crippen LogP contribution in [0.5, 0.6) is 0 Å². The predicted octanol–water partition coefficient (Wildman–Crippen LogP) is 2.89. The monoisotopic (exact) mass is 223 g/mol. The molecule has 2 nitrogen and oxygen atoms in total. The molecule has 1 saturated carbocycles. The molecule has 1 fully saturated rings. The standard InChI is InChI=1S/C14H25NO/c1-2-13-5-3-4-6-14(13)16-11-12-7-9-15-10-8-12/h7,13-15H,2-6,8-11H2,1H3. The Kier molecular flexibility index (Phi) is 4.86. The van der Waals surface area contributed by atoms with E-state index >= 15 is 0 Å². The van der Waals surface area contributed by atoms with Gasteiger partial charge in [0.15, 0.2) is 0 Å². The maximum absolute atomic E-state index is 6.13. The zero-order valence-corrected chi connectivity index (χ0v) is 10.5. The Bertz CT molecular complexity index is 237. The van der Waals surface area contributed by atoms with Gasteiger partial charge in [0, 0.05) is 6.54 Å². The highest BCUT2D eigenvalue weighted by Gasteiger charge is 2.24. The molecule has 0 aromatic heterocycles. The number of hydrogen-bond donors (Lipinski definition) is 1. The van der Waals surface area contributed by atoms with Gasteiger partial charge in [-0.2, -0.15) is 0 Å². The molecule has 1 aliphatic carbocycles. The van der Waals surface area contributed by atoms with Crippen LogP contribution in [0.15, 0.2) is 11.6 Å². The highest BCUT2D eigenvalue weighted by molar-refractivity contribution is 5.07. The molecule has 16 heavy (non-hydrogen) atoms. The van der Waals surface area contributed by atoms with Gasteiger partial charge in [0.1, 0.15) is 0 Å². The van der Waals surface area contributed by atoms with Gasteiger partial charge in [0.25, 0.3) is 0 Å². The molecule has 1 aliphatic heterocycles. The van der Waals surface area contributed by atoms with E-state index in [0.29, 0.717) is 6.10 Å². The van der Waals surface area contributed by atoms with Gasteiger partial charge in [0.2, 0.25) is 0 Å². The number of nitrogens with one attached hydrogen (secondary N) is 1. The molecule has 0 amide bonds. The van der Waals surface area contributed by atoms with Crippen LogP contribution in [0.4, 0.5) is 0 Å². The molecule has 1 heterocycles. The molecule has 0 aromatic carbocycles. The third-order valence-corrected chi connectivity index (χ3v) is 4.00. The lowest BCUT2D eigenvalue weighted by Crippen LogP contribution is -2.29. The summed E-state index contributed by atoms with van der Waals surface area (Å²) in [6.45, 7) is 5.33. The quantitative estimate of drug-likeness (QED) is 0.740. The van der Waals surface area contributed by atoms with Crippen molar-refractivity contribution in [2.75, 3.05) is 19.7 Å². The number of ether oxygens (including phenoxy) is 1. The molecular formula is C14H25NO. The highest BCUT2D eigenvalue weighted by Crippen LogP contribution is 2.29. The average molecular weight is 223 g/mol. The third kappa shape index (κ3) is 3.33. The van der Waals surface area contributed by atoms with Crippen LogP contribution < -0.4 is 5.32 Å². The first kappa shape index (κ1) is 12.1. The van der Waals surface area contributed by atoms with Gasteiger partial charge in [-0.15, -0.1) is 0 Å². The van der Waals surface area contributed by atoms with Gasteiger partial charge < -0.3 is 10.1 Å². The Morgan fingerprint density at radius 3 is 3.00 bits per heavy atom. The first-order valence-electron chi connectivity index (χ1n) is 6.90. The van der Waals surface area contributed by atoms with E-state index in [9.17, 15) is 0 Å². The van der Waals surface area contributed by atoms with Crippen molar-refractivity contribution in [1.29, 1.82) is 0 Å². The largest absolute Gasteiger partial charge is 0.374 e. The molecule has 0 saturated heterocycles. The summed E-state index contributed by atoms with van der Waals surface area (Å²) in [5.74, 6) is 0.816. The van der Waals surface area contributed by atoms with Crippen LogP contribution in [0.2, 0.25) is 0 Å². The molecule has 92 valence electrons. The topological polar surface area (TPSA) is 21.3 Å². The lowest BCUT2D eigenvalue weighted by atomic mass is 9.85. The summed E-state index contributed by atoms with van der Waals surface area (Å²) in [7, 11) is 0. The molecule has 0 aromatic rings. The van der Waals surface area contributed by atoms with Crippen LogP contribution >= 0.6 is 0 Å². The van der Waals surface area contributed by atoms with E-state index in [4.69, 9.17) is 4.74 Å². The van der Waals surface area contributed by atoms with E-state index in [1.807, 2.05) is 0 Å². The van der Waals surface area contributed by atoms with Crippen LogP contribution in [-0.2, 0) is 4.74 Å². The second kappa shape index (κ2) is 6.41. The Morgan fingerprint density at radius 1 is 1.38 bits per heavy atom. The van der Waals surface area contributed by atoms with E-state index in [1.165, 1.54) is 44.1 Å². The van der Waals surface area contributed by atoms with Crippen LogP contribution in [0.3, 0.4) is 0 Å². The van der Waals surface area contributed by atoms with Crippen LogP contribution in [0, 0.1) is 5.92 Å². The van der Waals surface area contributed by atoms with Crippen molar-refractivity contribution < 1.29 is 4.74 Å². The second-order valence-corrected chi connectivity index (χ2v) is 5.12. The summed E-state index contributed by atoms with van der Waals surface area (Å²) < 4.78 is 6.13. The number of rotatable bonds is 4. The molecule has 2 unspecified atom stereocenters. The lowest BCUT2D eigenvalue weighted by Gasteiger charge is -2.31. The molecule has 1 N–H and O–H groups in total. The van der Waals surface area contributed by atoms with Gasteiger partial charge in [-0.05, 0) is 37.3 Å². The van der Waals surface area contributed by atoms with E-state index in [-0.39, 0.29) is 0 Å². The van der Waals surface area contributed by atoms with E-state index < -0.39 is 0 Å². The summed E-state index contributed by atoms with van der Waals surface area (Å²) in [4.78, 5) is 0. The molecule has 2 atom stereocenters. The minimum Gasteiger partial charge on any atom is -0.374 e. The van der Waals surface area contributed by atoms with E-state index in [0.717, 1.165) is 25.6 Å². The van der Waals surface area contributed by atoms with Gasteiger partial charge in [-0.3, -0.25) is 0 Å². The van der Waals surface area contributed by atoms with E-state index in [2.05, 4.69) is 18.3 Å². The zero-order valence-electron chi connectivity index (χ0n) is 10.5. The summed E-state index contributed by atoms with van der Waals surface area (Å²) in [5.41, 5.74) is 1.50. The first-order chi connectivity index (χ1) is 7.90. The van der Waals surface area contributed by atoms with Crippen molar-refractivity contribution in [2.45, 2.75) is 51.6 Å². The van der Waals surface area contributed by atoms with Gasteiger partial charge in [-0.25, -0.2) is 0 Å². The summed E-state index contributed by atoms with van der Waals surface area (Å²) in [6.07, 6.45) is 10.7. The maximum Gasteiger partial charge on any atom is 0.0681 e. The second-order valence-electron chi connectivity index (χ2n) is 5.12. The predicted molar refractivity (Wildman–Crippen MR) is 67.6 cm³/mol. The Hall–Kier alpha value is -0.340. The van der Waals surface area contributed by atoms with Crippen LogP contribution in [0.1, 0.15) is 45.4 Å². The third-order valence-electron chi connectivity index (χ3n) is 4.00. The fourth-order valence-corrected chi connectivity index (χ4v) is 2.87. The summed E-state index contributed by atoms with van der Waals surface area (Å²) in [6, 6.07) is 0. The van der Waals surface area contributed by atoms with E-state index in [1.54, 1.807) is 0 Å². The van der Waals surface area contributed by atoms with Gasteiger partial charge >= 0.3 is 0 Å². The molecule has 0 radical (unpaired) electrons. The minimum absolute atomic E-state index is 0.537. The highest BCUT2D eigenvalue weighted by atomic mass is 16.5. The van der Waals surface area contributed by atoms with Crippen LogP contribution in [-0.4, -0.2) is 25.8 Å². The Labute approximate surface area is 99.4 Å². The normalized spacial score (nSPS) is 31.2. The smallest absolute Gasteiger partial charge is 0.0681 e. The molecule has 0 spiro atoms. The molecular weight excluding hydrogens is 198 g/mol. The molecule has 0 bridgehead atoms. The van der Waals surface area contributed by atoms with Crippen molar-refractivity contribution in [3.8, 4) is 0 Å². The lowest BCUT2D eigenvalue weighted by molar-refractivity contribution is -0.00156. The fraction of sp³-hybridized carbons (Fsp3) is 0.857. The Morgan fingerprint density at radius 2 is 2.25 bits per heavy atom. The van der Waals surface area contributed by atoms with Crippen molar-refractivity contribution >= 4 is 0 Å². The van der Waals surface area contributed by atoms with Gasteiger partial charge in [-0.1, -0.05) is 32.3 Å². The molecule has 2 rings (SSSR count). The summed E-state index contributed by atoms with van der Waals surface area (Å²) >= 11 is 0. The van der Waals surface area contributed by atoms with Crippen molar-refractivity contribution in [2.24, 2.45) is 5.92 Å².